The molecular weight excluding hydrogens is 336 g/mol. The standard InChI is InChI=1S/C18H25ClN6/c19-13-6-7-14(24-10-4-5-11-24)15(12-13)25-17(21)22-16(20)23-18(25)8-2-1-3-9-18/h6-7,12H,1-5,8-11H2,(H4,20,21,22,23). The number of guanidine groups is 2. The number of anilines is 2. The Balaban J connectivity index is 1.83. The Morgan fingerprint density at radius 1 is 0.960 bits per heavy atom. The third-order valence-corrected chi connectivity index (χ3v) is 5.71. The lowest BCUT2D eigenvalue weighted by atomic mass is 9.87. The molecule has 0 unspecified atom stereocenters. The number of halogens is 1. The van der Waals surface area contributed by atoms with Crippen molar-refractivity contribution in [2.24, 2.45) is 21.5 Å². The molecule has 0 bridgehead atoms. The zero-order chi connectivity index (χ0) is 17.4. The van der Waals surface area contributed by atoms with Crippen LogP contribution >= 0.6 is 11.6 Å². The molecule has 1 aliphatic carbocycles. The topological polar surface area (TPSA) is 83.2 Å². The minimum Gasteiger partial charge on any atom is -0.370 e. The summed E-state index contributed by atoms with van der Waals surface area (Å²) in [7, 11) is 0. The fraction of sp³-hybridized carbons (Fsp3) is 0.556. The van der Waals surface area contributed by atoms with E-state index in [0.29, 0.717) is 11.0 Å². The molecule has 1 spiro atoms. The second kappa shape index (κ2) is 6.41. The van der Waals surface area contributed by atoms with Crippen LogP contribution in [-0.2, 0) is 0 Å². The number of aliphatic imine (C=N–C) groups is 2. The van der Waals surface area contributed by atoms with Crippen molar-refractivity contribution < 1.29 is 0 Å². The number of nitrogens with two attached hydrogens (primary N) is 2. The zero-order valence-electron chi connectivity index (χ0n) is 14.4. The highest BCUT2D eigenvalue weighted by Crippen LogP contribution is 2.44. The van der Waals surface area contributed by atoms with Crippen molar-refractivity contribution in [3.05, 3.63) is 23.2 Å². The van der Waals surface area contributed by atoms with Crippen LogP contribution in [0.2, 0.25) is 5.02 Å². The monoisotopic (exact) mass is 360 g/mol. The van der Waals surface area contributed by atoms with E-state index in [4.69, 9.17) is 28.1 Å². The molecule has 25 heavy (non-hydrogen) atoms. The van der Waals surface area contributed by atoms with E-state index in [0.717, 1.165) is 50.1 Å². The van der Waals surface area contributed by atoms with Gasteiger partial charge in [0.1, 0.15) is 5.66 Å². The van der Waals surface area contributed by atoms with E-state index in [2.05, 4.69) is 20.9 Å². The van der Waals surface area contributed by atoms with Crippen molar-refractivity contribution in [1.82, 2.24) is 0 Å². The molecule has 3 aliphatic rings. The highest BCUT2D eigenvalue weighted by molar-refractivity contribution is 6.31. The van der Waals surface area contributed by atoms with E-state index in [1.807, 2.05) is 12.1 Å². The van der Waals surface area contributed by atoms with Crippen LogP contribution in [0.25, 0.3) is 0 Å². The molecule has 6 nitrogen and oxygen atoms in total. The van der Waals surface area contributed by atoms with Gasteiger partial charge in [0.25, 0.3) is 0 Å². The van der Waals surface area contributed by atoms with Gasteiger partial charge < -0.3 is 16.4 Å². The predicted molar refractivity (Wildman–Crippen MR) is 104 cm³/mol. The van der Waals surface area contributed by atoms with Gasteiger partial charge in [0, 0.05) is 18.1 Å². The van der Waals surface area contributed by atoms with Gasteiger partial charge >= 0.3 is 0 Å². The first-order chi connectivity index (χ1) is 12.1. The average Bonchev–Trinajstić information content (AvgIpc) is 3.09. The van der Waals surface area contributed by atoms with E-state index < -0.39 is 5.66 Å². The lowest BCUT2D eigenvalue weighted by Crippen LogP contribution is -2.58. The Hall–Kier alpha value is -1.95. The lowest BCUT2D eigenvalue weighted by Gasteiger charge is -2.46. The molecule has 1 aromatic carbocycles. The van der Waals surface area contributed by atoms with Crippen LogP contribution in [0.3, 0.4) is 0 Å². The van der Waals surface area contributed by atoms with E-state index in [1.54, 1.807) is 0 Å². The van der Waals surface area contributed by atoms with Gasteiger partial charge in [0.05, 0.1) is 11.4 Å². The fourth-order valence-electron chi connectivity index (χ4n) is 4.37. The van der Waals surface area contributed by atoms with Crippen LogP contribution in [0.4, 0.5) is 11.4 Å². The highest BCUT2D eigenvalue weighted by Gasteiger charge is 2.43. The number of hydrogen-bond donors (Lipinski definition) is 2. The van der Waals surface area contributed by atoms with Gasteiger partial charge in [-0.2, -0.15) is 4.99 Å². The Bertz CT molecular complexity index is 716. The second-order valence-electron chi connectivity index (χ2n) is 7.15. The molecule has 2 fully saturated rings. The first-order valence-corrected chi connectivity index (χ1v) is 9.51. The van der Waals surface area contributed by atoms with Crippen molar-refractivity contribution in [2.45, 2.75) is 50.6 Å². The van der Waals surface area contributed by atoms with Crippen LogP contribution in [0, 0.1) is 0 Å². The molecule has 7 heteroatoms. The maximum atomic E-state index is 6.38. The third-order valence-electron chi connectivity index (χ3n) is 5.48. The summed E-state index contributed by atoms with van der Waals surface area (Å²) in [5.74, 6) is 0.692. The minimum absolute atomic E-state index is 0.278. The van der Waals surface area contributed by atoms with Crippen molar-refractivity contribution in [3.8, 4) is 0 Å². The number of nitrogens with zero attached hydrogens (tertiary/aromatic N) is 4. The van der Waals surface area contributed by atoms with E-state index in [9.17, 15) is 0 Å². The molecular formula is C18H25ClN6. The summed E-state index contributed by atoms with van der Waals surface area (Å²) in [6.07, 6.45) is 7.71. The summed E-state index contributed by atoms with van der Waals surface area (Å²) < 4.78 is 0. The van der Waals surface area contributed by atoms with Crippen molar-refractivity contribution in [3.63, 3.8) is 0 Å². The molecule has 0 radical (unpaired) electrons. The summed E-state index contributed by atoms with van der Waals surface area (Å²) in [4.78, 5) is 13.5. The largest absolute Gasteiger partial charge is 0.370 e. The van der Waals surface area contributed by atoms with Gasteiger partial charge in [-0.1, -0.05) is 18.0 Å². The van der Waals surface area contributed by atoms with Gasteiger partial charge in [-0.25, -0.2) is 4.99 Å². The van der Waals surface area contributed by atoms with Gasteiger partial charge in [0.2, 0.25) is 11.9 Å². The van der Waals surface area contributed by atoms with Crippen molar-refractivity contribution in [2.75, 3.05) is 22.9 Å². The van der Waals surface area contributed by atoms with E-state index in [-0.39, 0.29) is 5.96 Å². The molecule has 0 aromatic heterocycles. The van der Waals surface area contributed by atoms with Crippen molar-refractivity contribution >= 4 is 34.9 Å². The summed E-state index contributed by atoms with van der Waals surface area (Å²) in [5.41, 5.74) is 14.1. The van der Waals surface area contributed by atoms with Gasteiger partial charge in [-0.15, -0.1) is 0 Å². The van der Waals surface area contributed by atoms with Gasteiger partial charge in [-0.3, -0.25) is 4.90 Å². The SMILES string of the molecule is NC1=NC2(CCCCC2)N(c2cc(Cl)ccc2N2CCCC2)C(N)=N1. The Morgan fingerprint density at radius 2 is 1.68 bits per heavy atom. The number of hydrogen-bond acceptors (Lipinski definition) is 6. The Labute approximate surface area is 153 Å². The minimum atomic E-state index is -0.437. The van der Waals surface area contributed by atoms with Gasteiger partial charge in [-0.05, 0) is 56.7 Å². The van der Waals surface area contributed by atoms with Crippen molar-refractivity contribution in [1.29, 1.82) is 0 Å². The Morgan fingerprint density at radius 3 is 2.40 bits per heavy atom. The molecule has 0 amide bonds. The second-order valence-corrected chi connectivity index (χ2v) is 7.58. The van der Waals surface area contributed by atoms with Gasteiger partial charge in [0.15, 0.2) is 0 Å². The fourth-order valence-corrected chi connectivity index (χ4v) is 4.54. The molecule has 2 heterocycles. The summed E-state index contributed by atoms with van der Waals surface area (Å²) in [6.45, 7) is 2.11. The maximum absolute atomic E-state index is 6.38. The normalized spacial score (nSPS) is 22.9. The number of benzene rings is 1. The molecule has 4 rings (SSSR count). The smallest absolute Gasteiger partial charge is 0.220 e. The first-order valence-electron chi connectivity index (χ1n) is 9.13. The first kappa shape index (κ1) is 16.5. The third kappa shape index (κ3) is 2.92. The quantitative estimate of drug-likeness (QED) is 0.849. The zero-order valence-corrected chi connectivity index (χ0v) is 15.2. The molecule has 134 valence electrons. The van der Waals surface area contributed by atoms with Crippen LogP contribution < -0.4 is 21.3 Å². The van der Waals surface area contributed by atoms with Crippen LogP contribution in [0.5, 0.6) is 0 Å². The van der Waals surface area contributed by atoms with E-state index in [1.165, 1.54) is 19.3 Å². The Kier molecular flexibility index (Phi) is 4.23. The molecule has 2 aliphatic heterocycles. The number of rotatable bonds is 2. The molecule has 4 N–H and O–H groups in total. The van der Waals surface area contributed by atoms with Crippen LogP contribution in [-0.4, -0.2) is 30.7 Å². The molecule has 1 saturated carbocycles. The summed E-state index contributed by atoms with van der Waals surface area (Å²) >= 11 is 6.36. The van der Waals surface area contributed by atoms with Crippen LogP contribution in [0.15, 0.2) is 28.2 Å². The lowest BCUT2D eigenvalue weighted by molar-refractivity contribution is 0.305. The van der Waals surface area contributed by atoms with Crippen LogP contribution in [0.1, 0.15) is 44.9 Å². The molecule has 1 aromatic rings. The summed E-state index contributed by atoms with van der Waals surface area (Å²) in [6, 6.07) is 6.03. The maximum Gasteiger partial charge on any atom is 0.220 e. The molecule has 1 saturated heterocycles. The average molecular weight is 361 g/mol. The molecule has 0 atom stereocenters. The van der Waals surface area contributed by atoms with E-state index >= 15 is 0 Å². The summed E-state index contributed by atoms with van der Waals surface area (Å²) in [5, 5.41) is 0.694. The highest BCUT2D eigenvalue weighted by atomic mass is 35.5. The predicted octanol–water partition coefficient (Wildman–Crippen LogP) is 3.05.